The lowest BCUT2D eigenvalue weighted by Gasteiger charge is -2.22. The number of carbonyl (C=O) groups is 1. The van der Waals surface area contributed by atoms with Gasteiger partial charge in [-0.3, -0.25) is 13.8 Å². The Morgan fingerprint density at radius 1 is 0.825 bits per heavy atom. The Kier molecular flexibility index (Phi) is 8.74. The lowest BCUT2D eigenvalue weighted by molar-refractivity contribution is 0.102. The van der Waals surface area contributed by atoms with Gasteiger partial charge in [-0.05, 0) is 84.8 Å². The van der Waals surface area contributed by atoms with Gasteiger partial charge in [-0.15, -0.1) is 0 Å². The molecule has 0 radical (unpaired) electrons. The van der Waals surface area contributed by atoms with E-state index in [0.29, 0.717) is 38.2 Å². The number of carbonyl (C=O) groups excluding carboxylic acids is 1. The molecule has 12 heteroatoms. The van der Waals surface area contributed by atoms with Crippen molar-refractivity contribution in [2.24, 2.45) is 0 Å². The van der Waals surface area contributed by atoms with Gasteiger partial charge in [-0.1, -0.05) is 47.5 Å². The summed E-state index contributed by atoms with van der Waals surface area (Å²) in [7, 11) is -7.46. The molecule has 0 aromatic heterocycles. The van der Waals surface area contributed by atoms with E-state index >= 15 is 0 Å². The van der Waals surface area contributed by atoms with E-state index < -0.39 is 26.0 Å². The molecule has 0 saturated carbocycles. The van der Waals surface area contributed by atoms with Crippen molar-refractivity contribution in [3.8, 4) is 0 Å². The molecular formula is C28H25Cl2N3O5S2. The maximum Gasteiger partial charge on any atom is 0.261 e. The molecule has 4 rings (SSSR count). The molecule has 0 unspecified atom stereocenters. The third kappa shape index (κ3) is 7.33. The Bertz CT molecular complexity index is 1760. The normalized spacial score (nSPS) is 11.6. The van der Waals surface area contributed by atoms with Crippen LogP contribution in [0.15, 0.2) is 95.9 Å². The van der Waals surface area contributed by atoms with Crippen LogP contribution in [0.2, 0.25) is 10.0 Å². The van der Waals surface area contributed by atoms with E-state index in [1.54, 1.807) is 60.7 Å². The number of aryl methyl sites for hydroxylation is 1. The number of nitrogens with zero attached hydrogens (tertiary/aromatic N) is 1. The van der Waals surface area contributed by atoms with E-state index in [0.717, 1.165) is 11.8 Å². The zero-order chi connectivity index (χ0) is 29.1. The molecule has 0 aliphatic carbocycles. The number of benzene rings is 4. The van der Waals surface area contributed by atoms with Gasteiger partial charge in [0.2, 0.25) is 10.0 Å². The number of halogens is 2. The second-order valence-electron chi connectivity index (χ2n) is 8.99. The molecule has 40 heavy (non-hydrogen) atoms. The molecule has 208 valence electrons. The summed E-state index contributed by atoms with van der Waals surface area (Å²) in [6, 6.07) is 23.6. The molecule has 2 N–H and O–H groups in total. The van der Waals surface area contributed by atoms with Crippen molar-refractivity contribution < 1.29 is 21.6 Å². The predicted octanol–water partition coefficient (Wildman–Crippen LogP) is 6.32. The topological polar surface area (TPSA) is 113 Å². The second kappa shape index (κ2) is 11.9. The largest absolute Gasteiger partial charge is 0.322 e. The fourth-order valence-corrected chi connectivity index (χ4v) is 6.04. The molecule has 4 aromatic carbocycles. The summed E-state index contributed by atoms with van der Waals surface area (Å²) < 4.78 is 54.0. The fourth-order valence-electron chi connectivity index (χ4n) is 3.75. The molecule has 0 fully saturated rings. The summed E-state index contributed by atoms with van der Waals surface area (Å²) >= 11 is 12.1. The van der Waals surface area contributed by atoms with Gasteiger partial charge in [-0.25, -0.2) is 16.8 Å². The summed E-state index contributed by atoms with van der Waals surface area (Å²) in [4.78, 5) is 12.8. The highest BCUT2D eigenvalue weighted by Gasteiger charge is 2.19. The first-order valence-corrected chi connectivity index (χ1v) is 15.9. The first-order valence-electron chi connectivity index (χ1n) is 11.8. The monoisotopic (exact) mass is 617 g/mol. The summed E-state index contributed by atoms with van der Waals surface area (Å²) in [5.74, 6) is -0.413. The highest BCUT2D eigenvalue weighted by molar-refractivity contribution is 7.92. The molecule has 0 aliphatic rings. The molecule has 0 saturated heterocycles. The van der Waals surface area contributed by atoms with E-state index in [9.17, 15) is 21.6 Å². The van der Waals surface area contributed by atoms with Crippen molar-refractivity contribution in [3.05, 3.63) is 118 Å². The number of sulfonamides is 2. The van der Waals surface area contributed by atoms with Crippen LogP contribution in [0.1, 0.15) is 21.5 Å². The Hall–Kier alpha value is -3.57. The van der Waals surface area contributed by atoms with Crippen molar-refractivity contribution in [1.82, 2.24) is 0 Å². The van der Waals surface area contributed by atoms with E-state index in [1.807, 2.05) is 6.92 Å². The minimum absolute atomic E-state index is 0.0154. The van der Waals surface area contributed by atoms with Gasteiger partial charge in [0.1, 0.15) is 0 Å². The molecule has 0 spiro atoms. The van der Waals surface area contributed by atoms with Crippen molar-refractivity contribution in [2.75, 3.05) is 20.6 Å². The Morgan fingerprint density at radius 3 is 2.08 bits per heavy atom. The van der Waals surface area contributed by atoms with Gasteiger partial charge in [0.15, 0.2) is 0 Å². The van der Waals surface area contributed by atoms with Gasteiger partial charge >= 0.3 is 0 Å². The number of amides is 1. The van der Waals surface area contributed by atoms with Gasteiger partial charge in [0.25, 0.3) is 15.9 Å². The van der Waals surface area contributed by atoms with Gasteiger partial charge in [0, 0.05) is 21.3 Å². The number of anilines is 3. The van der Waals surface area contributed by atoms with Crippen LogP contribution in [0, 0.1) is 6.92 Å². The average molecular weight is 619 g/mol. The van der Waals surface area contributed by atoms with Crippen LogP contribution in [-0.4, -0.2) is 29.0 Å². The molecule has 0 heterocycles. The van der Waals surface area contributed by atoms with Crippen molar-refractivity contribution in [2.45, 2.75) is 18.4 Å². The highest BCUT2D eigenvalue weighted by Crippen LogP contribution is 2.25. The van der Waals surface area contributed by atoms with Crippen LogP contribution in [0.4, 0.5) is 17.1 Å². The second-order valence-corrected chi connectivity index (χ2v) is 13.4. The zero-order valence-corrected chi connectivity index (χ0v) is 24.6. The highest BCUT2D eigenvalue weighted by atomic mass is 35.5. The number of hydrogen-bond acceptors (Lipinski definition) is 5. The van der Waals surface area contributed by atoms with Crippen LogP contribution in [0.3, 0.4) is 0 Å². The molecule has 0 aliphatic heterocycles. The summed E-state index contributed by atoms with van der Waals surface area (Å²) in [5, 5.41) is 3.58. The smallest absolute Gasteiger partial charge is 0.261 e. The molecule has 8 nitrogen and oxygen atoms in total. The fraction of sp³-hybridized carbons (Fsp3) is 0.107. The van der Waals surface area contributed by atoms with E-state index in [1.165, 1.54) is 34.6 Å². The van der Waals surface area contributed by atoms with Crippen LogP contribution >= 0.6 is 23.2 Å². The lowest BCUT2D eigenvalue weighted by Crippen LogP contribution is -2.29. The molecule has 0 bridgehead atoms. The van der Waals surface area contributed by atoms with Crippen molar-refractivity contribution >= 4 is 66.2 Å². The predicted molar refractivity (Wildman–Crippen MR) is 160 cm³/mol. The molecular weight excluding hydrogens is 593 g/mol. The quantitative estimate of drug-likeness (QED) is 0.228. The maximum atomic E-state index is 12.8. The van der Waals surface area contributed by atoms with Gasteiger partial charge < -0.3 is 5.32 Å². The van der Waals surface area contributed by atoms with E-state index in [-0.39, 0.29) is 11.4 Å². The zero-order valence-electron chi connectivity index (χ0n) is 21.4. The third-order valence-electron chi connectivity index (χ3n) is 5.89. The Labute approximate surface area is 243 Å². The number of rotatable bonds is 9. The molecule has 0 atom stereocenters. The summed E-state index contributed by atoms with van der Waals surface area (Å²) in [5.41, 5.74) is 3.00. The van der Waals surface area contributed by atoms with Gasteiger partial charge in [-0.2, -0.15) is 0 Å². The van der Waals surface area contributed by atoms with Crippen LogP contribution in [0.25, 0.3) is 0 Å². The van der Waals surface area contributed by atoms with Crippen LogP contribution in [-0.2, 0) is 26.6 Å². The SMILES string of the molecule is Cc1ccc(NS(=O)(=O)c2ccc(NC(=O)c3ccc(CN(c4cccc(Cl)c4)S(C)(=O)=O)cc3)cc2)cc1Cl. The third-order valence-corrected chi connectivity index (χ3v) is 9.07. The van der Waals surface area contributed by atoms with Crippen molar-refractivity contribution in [3.63, 3.8) is 0 Å². The maximum absolute atomic E-state index is 12.8. The van der Waals surface area contributed by atoms with E-state index in [2.05, 4.69) is 10.0 Å². The van der Waals surface area contributed by atoms with Crippen LogP contribution < -0.4 is 14.3 Å². The minimum atomic E-state index is -3.86. The van der Waals surface area contributed by atoms with Gasteiger partial charge in [0.05, 0.1) is 29.1 Å². The standard InChI is InChI=1S/C28H25Cl2N3O5S2/c1-19-6-11-24(17-27(19)30)32-40(37,38)26-14-12-23(13-15-26)31-28(34)21-9-7-20(8-10-21)18-33(39(2,35)36)25-5-3-4-22(29)16-25/h3-17,32H,18H2,1-2H3,(H,31,34). The molecule has 1 amide bonds. The summed E-state index contributed by atoms with van der Waals surface area (Å²) in [6.07, 6.45) is 1.11. The van der Waals surface area contributed by atoms with Crippen molar-refractivity contribution in [1.29, 1.82) is 0 Å². The Morgan fingerprint density at radius 2 is 1.48 bits per heavy atom. The van der Waals surface area contributed by atoms with E-state index in [4.69, 9.17) is 23.2 Å². The average Bonchev–Trinajstić information content (AvgIpc) is 2.89. The van der Waals surface area contributed by atoms with Crippen LogP contribution in [0.5, 0.6) is 0 Å². The first kappa shape index (κ1) is 29.4. The molecule has 4 aromatic rings. The number of nitrogens with one attached hydrogen (secondary N) is 2. The first-order chi connectivity index (χ1) is 18.8. The lowest BCUT2D eigenvalue weighted by atomic mass is 10.1. The summed E-state index contributed by atoms with van der Waals surface area (Å²) in [6.45, 7) is 1.87. The number of hydrogen-bond donors (Lipinski definition) is 2. The minimum Gasteiger partial charge on any atom is -0.322 e. The Balaban J connectivity index is 1.42.